The summed E-state index contributed by atoms with van der Waals surface area (Å²) in [6, 6.07) is 23.1. The number of aryl methyl sites for hydroxylation is 1. The van der Waals surface area contributed by atoms with Crippen LogP contribution in [0.4, 0.5) is 0 Å². The van der Waals surface area contributed by atoms with Crippen LogP contribution in [-0.2, 0) is 9.47 Å². The molecule has 8 heteroatoms. The van der Waals surface area contributed by atoms with Crippen LogP contribution < -0.4 is 0 Å². The predicted octanol–water partition coefficient (Wildman–Crippen LogP) is 4.81. The fraction of sp³-hybridized carbons (Fsp3) is 0.393. The molecule has 36 heavy (non-hydrogen) atoms. The molecule has 3 heterocycles. The van der Waals surface area contributed by atoms with Crippen molar-refractivity contribution in [1.82, 2.24) is 24.7 Å². The Kier molecular flexibility index (Phi) is 8.61. The molecule has 188 valence electrons. The number of thioether (sulfide) groups is 1. The Balaban J connectivity index is 1.02. The van der Waals surface area contributed by atoms with Crippen molar-refractivity contribution in [2.45, 2.75) is 37.0 Å². The lowest BCUT2D eigenvalue weighted by atomic mass is 10.00. The van der Waals surface area contributed by atoms with E-state index in [1.54, 1.807) is 16.4 Å². The summed E-state index contributed by atoms with van der Waals surface area (Å²) in [5, 5.41) is 9.61. The SMILES string of the molecule is Cc1cc2ncnn2nc1SCCOCCN1CCC(OC(c2ccccc2)c2ccccc2)CC1. The number of rotatable bonds is 11. The maximum Gasteiger partial charge on any atom is 0.176 e. The van der Waals surface area contributed by atoms with E-state index in [0.717, 1.165) is 61.1 Å². The molecule has 1 fully saturated rings. The molecule has 0 unspecified atom stereocenters. The van der Waals surface area contributed by atoms with Crippen LogP contribution in [0.2, 0.25) is 0 Å². The Morgan fingerprint density at radius 2 is 1.67 bits per heavy atom. The van der Waals surface area contributed by atoms with Gasteiger partial charge in [0.05, 0.1) is 19.3 Å². The quantitative estimate of drug-likeness (QED) is 0.215. The summed E-state index contributed by atoms with van der Waals surface area (Å²) in [6.07, 6.45) is 3.86. The molecular weight excluding hydrogens is 470 g/mol. The molecule has 0 bridgehead atoms. The van der Waals surface area contributed by atoms with Crippen LogP contribution in [0.15, 0.2) is 78.1 Å². The van der Waals surface area contributed by atoms with Gasteiger partial charge in [0.2, 0.25) is 0 Å². The van der Waals surface area contributed by atoms with Crippen LogP contribution in [0.3, 0.4) is 0 Å². The molecule has 0 saturated carbocycles. The third-order valence-electron chi connectivity index (χ3n) is 6.51. The van der Waals surface area contributed by atoms with Crippen LogP contribution in [0.5, 0.6) is 0 Å². The van der Waals surface area contributed by atoms with E-state index in [1.807, 2.05) is 6.07 Å². The number of hydrogen-bond acceptors (Lipinski definition) is 7. The van der Waals surface area contributed by atoms with Gasteiger partial charge in [-0.2, -0.15) is 0 Å². The highest BCUT2D eigenvalue weighted by Crippen LogP contribution is 2.30. The molecule has 7 nitrogen and oxygen atoms in total. The summed E-state index contributed by atoms with van der Waals surface area (Å²) in [5.74, 6) is 0.865. The van der Waals surface area contributed by atoms with Crippen LogP contribution in [0, 0.1) is 6.92 Å². The smallest absolute Gasteiger partial charge is 0.176 e. The molecule has 2 aromatic carbocycles. The van der Waals surface area contributed by atoms with Gasteiger partial charge in [0.25, 0.3) is 0 Å². The Morgan fingerprint density at radius 1 is 0.972 bits per heavy atom. The highest BCUT2D eigenvalue weighted by molar-refractivity contribution is 7.99. The van der Waals surface area contributed by atoms with Crippen molar-refractivity contribution < 1.29 is 9.47 Å². The van der Waals surface area contributed by atoms with Gasteiger partial charge in [-0.3, -0.25) is 0 Å². The number of likely N-dealkylation sites (tertiary alicyclic amines) is 1. The van der Waals surface area contributed by atoms with E-state index < -0.39 is 0 Å². The summed E-state index contributed by atoms with van der Waals surface area (Å²) >= 11 is 1.70. The molecule has 5 rings (SSSR count). The van der Waals surface area contributed by atoms with E-state index in [4.69, 9.17) is 9.47 Å². The molecule has 1 aliphatic rings. The molecule has 4 aromatic rings. The summed E-state index contributed by atoms with van der Waals surface area (Å²) in [6.45, 7) is 6.55. The minimum Gasteiger partial charge on any atom is -0.379 e. The van der Waals surface area contributed by atoms with Crippen molar-refractivity contribution in [2.75, 3.05) is 38.6 Å². The summed E-state index contributed by atoms with van der Waals surface area (Å²) < 4.78 is 14.2. The number of nitrogens with zero attached hydrogens (tertiary/aromatic N) is 5. The van der Waals surface area contributed by atoms with E-state index in [9.17, 15) is 0 Å². The molecule has 0 spiro atoms. The van der Waals surface area contributed by atoms with Crippen molar-refractivity contribution in [3.63, 3.8) is 0 Å². The molecule has 0 amide bonds. The first-order valence-electron chi connectivity index (χ1n) is 12.6. The molecule has 0 aliphatic carbocycles. The Bertz CT molecular complexity index is 1170. The topological polar surface area (TPSA) is 64.8 Å². The van der Waals surface area contributed by atoms with Gasteiger partial charge in [-0.05, 0) is 42.5 Å². The predicted molar refractivity (Wildman–Crippen MR) is 142 cm³/mol. The van der Waals surface area contributed by atoms with Crippen molar-refractivity contribution >= 4 is 17.4 Å². The zero-order valence-corrected chi connectivity index (χ0v) is 21.5. The van der Waals surface area contributed by atoms with Crippen molar-refractivity contribution in [3.05, 3.63) is 89.7 Å². The second-order valence-electron chi connectivity index (χ2n) is 9.08. The number of ether oxygens (including phenoxy) is 2. The van der Waals surface area contributed by atoms with Crippen LogP contribution in [0.25, 0.3) is 5.65 Å². The minimum atomic E-state index is -0.0202. The zero-order chi connectivity index (χ0) is 24.6. The van der Waals surface area contributed by atoms with E-state index in [-0.39, 0.29) is 12.2 Å². The van der Waals surface area contributed by atoms with Gasteiger partial charge in [-0.1, -0.05) is 60.7 Å². The Morgan fingerprint density at radius 3 is 2.36 bits per heavy atom. The first-order valence-corrected chi connectivity index (χ1v) is 13.6. The van der Waals surface area contributed by atoms with E-state index >= 15 is 0 Å². The third kappa shape index (κ3) is 6.50. The maximum absolute atomic E-state index is 6.67. The Labute approximate surface area is 216 Å². The average molecular weight is 504 g/mol. The lowest BCUT2D eigenvalue weighted by Crippen LogP contribution is -2.39. The Hall–Kier alpha value is -2.78. The number of piperidine rings is 1. The molecule has 2 aromatic heterocycles. The van der Waals surface area contributed by atoms with Crippen LogP contribution in [-0.4, -0.2) is 69.4 Å². The fourth-order valence-corrected chi connectivity index (χ4v) is 5.36. The second-order valence-corrected chi connectivity index (χ2v) is 10.2. The van der Waals surface area contributed by atoms with Gasteiger partial charge in [-0.15, -0.1) is 26.6 Å². The van der Waals surface area contributed by atoms with Crippen LogP contribution >= 0.6 is 11.8 Å². The zero-order valence-electron chi connectivity index (χ0n) is 20.7. The van der Waals surface area contributed by atoms with E-state index in [2.05, 4.69) is 87.7 Å². The van der Waals surface area contributed by atoms with Gasteiger partial charge in [0, 0.05) is 25.4 Å². The lowest BCUT2D eigenvalue weighted by Gasteiger charge is -2.34. The third-order valence-corrected chi connectivity index (χ3v) is 7.56. The highest BCUT2D eigenvalue weighted by atomic mass is 32.2. The number of fused-ring (bicyclic) bond motifs is 1. The second kappa shape index (κ2) is 12.5. The molecular formula is C28H33N5O2S. The van der Waals surface area contributed by atoms with E-state index in [0.29, 0.717) is 6.61 Å². The van der Waals surface area contributed by atoms with Gasteiger partial charge < -0.3 is 14.4 Å². The van der Waals surface area contributed by atoms with Gasteiger partial charge in [0.15, 0.2) is 5.65 Å². The molecule has 1 aliphatic heterocycles. The van der Waals surface area contributed by atoms with Crippen molar-refractivity contribution in [2.24, 2.45) is 0 Å². The normalized spacial score (nSPS) is 15.2. The number of hydrogen-bond donors (Lipinski definition) is 0. The highest BCUT2D eigenvalue weighted by Gasteiger charge is 2.24. The summed E-state index contributed by atoms with van der Waals surface area (Å²) in [4.78, 5) is 6.66. The minimum absolute atomic E-state index is 0.0202. The molecule has 1 saturated heterocycles. The van der Waals surface area contributed by atoms with Gasteiger partial charge in [0.1, 0.15) is 17.5 Å². The molecule has 0 N–H and O–H groups in total. The monoisotopic (exact) mass is 503 g/mol. The van der Waals surface area contributed by atoms with Crippen LogP contribution in [0.1, 0.15) is 35.6 Å². The molecule has 0 atom stereocenters. The maximum atomic E-state index is 6.67. The van der Waals surface area contributed by atoms with Gasteiger partial charge in [-0.25, -0.2) is 4.98 Å². The first-order chi connectivity index (χ1) is 17.8. The summed E-state index contributed by atoms with van der Waals surface area (Å²) in [5.41, 5.74) is 4.32. The lowest BCUT2D eigenvalue weighted by molar-refractivity contribution is -0.0301. The first kappa shape index (κ1) is 24.9. The fourth-order valence-electron chi connectivity index (χ4n) is 4.54. The standard InChI is InChI=1S/C28H33N5O2S/c1-22-20-26-29-21-30-33(26)31-28(22)36-19-18-34-17-16-32-14-12-25(13-15-32)35-27(23-8-4-2-5-9-23)24-10-6-3-7-11-24/h2-11,20-21,25,27H,12-19H2,1H3. The van der Waals surface area contributed by atoms with Gasteiger partial charge >= 0.3 is 0 Å². The van der Waals surface area contributed by atoms with Crippen molar-refractivity contribution in [1.29, 1.82) is 0 Å². The molecule has 0 radical (unpaired) electrons. The number of aromatic nitrogens is 4. The number of benzene rings is 2. The average Bonchev–Trinajstić information content (AvgIpc) is 3.38. The largest absolute Gasteiger partial charge is 0.379 e. The summed E-state index contributed by atoms with van der Waals surface area (Å²) in [7, 11) is 0. The van der Waals surface area contributed by atoms with Crippen molar-refractivity contribution in [3.8, 4) is 0 Å². The van der Waals surface area contributed by atoms with E-state index in [1.165, 1.54) is 17.5 Å².